The zero-order chi connectivity index (χ0) is 17.9. The van der Waals surface area contributed by atoms with E-state index in [1.165, 1.54) is 0 Å². The summed E-state index contributed by atoms with van der Waals surface area (Å²) >= 11 is 0. The van der Waals surface area contributed by atoms with Crippen molar-refractivity contribution in [1.29, 1.82) is 0 Å². The third-order valence-electron chi connectivity index (χ3n) is 5.02. The van der Waals surface area contributed by atoms with Crippen molar-refractivity contribution in [1.82, 2.24) is 9.47 Å². The van der Waals surface area contributed by atoms with E-state index in [0.29, 0.717) is 55.9 Å². The molecule has 3 heterocycles. The maximum atomic E-state index is 13.3. The number of rotatable bonds is 4. The van der Waals surface area contributed by atoms with E-state index in [1.54, 1.807) is 7.11 Å². The van der Waals surface area contributed by atoms with Crippen LogP contribution < -0.4 is 9.47 Å². The van der Waals surface area contributed by atoms with Crippen LogP contribution >= 0.6 is 0 Å². The standard InChI is InChI=1S/C20H24N2O4/c1-24-9-7-15-12-21-8-3-4-16(21)14-22(13-15)20(23)17-5-2-6-18-19(17)26-11-10-25-18/h2-6,8,15H,7,9-14H2,1H3/t15-/m0/s1. The normalized spacial score (nSPS) is 19.0. The molecule has 0 radical (unpaired) electrons. The molecule has 26 heavy (non-hydrogen) atoms. The Hall–Kier alpha value is -2.47. The Kier molecular flexibility index (Phi) is 4.84. The zero-order valence-corrected chi connectivity index (χ0v) is 15.0. The van der Waals surface area contributed by atoms with E-state index in [2.05, 4.69) is 16.8 Å². The summed E-state index contributed by atoms with van der Waals surface area (Å²) in [6.07, 6.45) is 3.01. The molecule has 0 saturated heterocycles. The number of carbonyl (C=O) groups excluding carboxylic acids is 1. The van der Waals surface area contributed by atoms with Crippen molar-refractivity contribution in [2.75, 3.05) is 33.5 Å². The summed E-state index contributed by atoms with van der Waals surface area (Å²) in [5.74, 6) is 1.56. The number of aromatic nitrogens is 1. The smallest absolute Gasteiger partial charge is 0.258 e. The lowest BCUT2D eigenvalue weighted by Gasteiger charge is -2.26. The number of carbonyl (C=O) groups is 1. The zero-order valence-electron chi connectivity index (χ0n) is 15.0. The molecule has 1 amide bonds. The number of amides is 1. The molecule has 1 aromatic heterocycles. The first-order valence-electron chi connectivity index (χ1n) is 9.07. The number of benzene rings is 1. The van der Waals surface area contributed by atoms with Gasteiger partial charge < -0.3 is 23.7 Å². The van der Waals surface area contributed by atoms with Crippen LogP contribution in [0.5, 0.6) is 11.5 Å². The molecule has 0 fully saturated rings. The molecule has 0 aliphatic carbocycles. The van der Waals surface area contributed by atoms with Crippen LogP contribution in [0.3, 0.4) is 0 Å². The molecule has 4 rings (SSSR count). The average molecular weight is 356 g/mol. The van der Waals surface area contributed by atoms with Crippen molar-refractivity contribution in [3.8, 4) is 11.5 Å². The third kappa shape index (κ3) is 3.29. The highest BCUT2D eigenvalue weighted by atomic mass is 16.6. The van der Waals surface area contributed by atoms with Crippen LogP contribution in [0.2, 0.25) is 0 Å². The van der Waals surface area contributed by atoms with Crippen LogP contribution in [0, 0.1) is 5.92 Å². The van der Waals surface area contributed by atoms with Gasteiger partial charge in [-0.25, -0.2) is 0 Å². The molecule has 1 atom stereocenters. The SMILES string of the molecule is COCC[C@@H]1CN(C(=O)c2cccc3c2OCCO3)Cc2cccn2C1. The van der Waals surface area contributed by atoms with E-state index in [0.717, 1.165) is 18.7 Å². The summed E-state index contributed by atoms with van der Waals surface area (Å²) in [7, 11) is 1.72. The van der Waals surface area contributed by atoms with E-state index in [9.17, 15) is 4.79 Å². The van der Waals surface area contributed by atoms with Gasteiger partial charge in [-0.2, -0.15) is 0 Å². The molecule has 6 nitrogen and oxygen atoms in total. The van der Waals surface area contributed by atoms with Gasteiger partial charge in [-0.3, -0.25) is 4.79 Å². The fourth-order valence-corrected chi connectivity index (χ4v) is 3.71. The number of methoxy groups -OCH3 is 1. The quantitative estimate of drug-likeness (QED) is 0.845. The Morgan fingerprint density at radius 1 is 1.19 bits per heavy atom. The van der Waals surface area contributed by atoms with Gasteiger partial charge >= 0.3 is 0 Å². The summed E-state index contributed by atoms with van der Waals surface area (Å²) in [6, 6.07) is 9.64. The Labute approximate surface area is 153 Å². The van der Waals surface area contributed by atoms with Crippen molar-refractivity contribution in [2.24, 2.45) is 5.92 Å². The van der Waals surface area contributed by atoms with E-state index < -0.39 is 0 Å². The maximum absolute atomic E-state index is 13.3. The highest BCUT2D eigenvalue weighted by Gasteiger charge is 2.29. The summed E-state index contributed by atoms with van der Waals surface area (Å²) in [4.78, 5) is 15.2. The molecule has 0 unspecified atom stereocenters. The molecule has 2 aliphatic rings. The van der Waals surface area contributed by atoms with Crippen molar-refractivity contribution < 1.29 is 19.0 Å². The third-order valence-corrected chi connectivity index (χ3v) is 5.02. The van der Waals surface area contributed by atoms with E-state index in [-0.39, 0.29) is 5.91 Å². The van der Waals surface area contributed by atoms with Gasteiger partial charge in [0.1, 0.15) is 13.2 Å². The van der Waals surface area contributed by atoms with E-state index >= 15 is 0 Å². The first-order chi connectivity index (χ1) is 12.8. The van der Waals surface area contributed by atoms with Gasteiger partial charge in [0.05, 0.1) is 12.1 Å². The van der Waals surface area contributed by atoms with Crippen LogP contribution in [0.25, 0.3) is 0 Å². The van der Waals surface area contributed by atoms with Gasteiger partial charge in [0.15, 0.2) is 11.5 Å². The number of ether oxygens (including phenoxy) is 3. The van der Waals surface area contributed by atoms with Crippen LogP contribution in [-0.2, 0) is 17.8 Å². The molecular formula is C20H24N2O4. The highest BCUT2D eigenvalue weighted by molar-refractivity contribution is 5.97. The Balaban J connectivity index is 1.62. The van der Waals surface area contributed by atoms with Gasteiger partial charge in [-0.15, -0.1) is 0 Å². The Bertz CT molecular complexity index is 786. The molecule has 0 spiro atoms. The first-order valence-corrected chi connectivity index (χ1v) is 9.07. The number of fused-ring (bicyclic) bond motifs is 2. The van der Waals surface area contributed by atoms with Crippen LogP contribution in [0.4, 0.5) is 0 Å². The summed E-state index contributed by atoms with van der Waals surface area (Å²) in [6.45, 7) is 3.88. The average Bonchev–Trinajstić information content (AvgIpc) is 3.03. The summed E-state index contributed by atoms with van der Waals surface area (Å²) < 4.78 is 18.9. The number of para-hydroxylation sites is 1. The highest BCUT2D eigenvalue weighted by Crippen LogP contribution is 2.35. The molecule has 2 aromatic rings. The number of hydrogen-bond acceptors (Lipinski definition) is 4. The van der Waals surface area contributed by atoms with Crippen LogP contribution in [-0.4, -0.2) is 48.8 Å². The Morgan fingerprint density at radius 2 is 2.08 bits per heavy atom. The number of hydrogen-bond donors (Lipinski definition) is 0. The molecule has 2 aliphatic heterocycles. The van der Waals surface area contributed by atoms with Gasteiger partial charge in [0, 0.05) is 38.7 Å². The predicted octanol–water partition coefficient (Wildman–Crippen LogP) is 2.57. The minimum absolute atomic E-state index is 0.00980. The summed E-state index contributed by atoms with van der Waals surface area (Å²) in [5, 5.41) is 0. The van der Waals surface area contributed by atoms with Crippen LogP contribution in [0.15, 0.2) is 36.5 Å². The van der Waals surface area contributed by atoms with Gasteiger partial charge in [0.25, 0.3) is 5.91 Å². The van der Waals surface area contributed by atoms with Gasteiger partial charge in [-0.1, -0.05) is 6.07 Å². The second-order valence-corrected chi connectivity index (χ2v) is 6.81. The maximum Gasteiger partial charge on any atom is 0.258 e. The lowest BCUT2D eigenvalue weighted by Crippen LogP contribution is -2.35. The molecule has 1 aromatic carbocycles. The van der Waals surface area contributed by atoms with Gasteiger partial charge in [-0.05, 0) is 36.6 Å². The second kappa shape index (κ2) is 7.41. The summed E-state index contributed by atoms with van der Waals surface area (Å²) in [5.41, 5.74) is 1.73. The Morgan fingerprint density at radius 3 is 2.96 bits per heavy atom. The molecule has 0 bridgehead atoms. The topological polar surface area (TPSA) is 52.9 Å². The number of nitrogens with zero attached hydrogens (tertiary/aromatic N) is 2. The fourth-order valence-electron chi connectivity index (χ4n) is 3.71. The molecule has 138 valence electrons. The van der Waals surface area contributed by atoms with Gasteiger partial charge in [0.2, 0.25) is 0 Å². The fraction of sp³-hybridized carbons (Fsp3) is 0.450. The lowest BCUT2D eigenvalue weighted by molar-refractivity contribution is 0.0695. The van der Waals surface area contributed by atoms with E-state index in [4.69, 9.17) is 14.2 Å². The van der Waals surface area contributed by atoms with Crippen molar-refractivity contribution in [2.45, 2.75) is 19.5 Å². The van der Waals surface area contributed by atoms with Crippen molar-refractivity contribution >= 4 is 5.91 Å². The molecule has 0 saturated carbocycles. The van der Waals surface area contributed by atoms with Crippen LogP contribution in [0.1, 0.15) is 22.5 Å². The van der Waals surface area contributed by atoms with Crippen molar-refractivity contribution in [3.05, 3.63) is 47.8 Å². The first kappa shape index (κ1) is 17.0. The molecule has 0 N–H and O–H groups in total. The largest absolute Gasteiger partial charge is 0.486 e. The lowest BCUT2D eigenvalue weighted by atomic mass is 10.0. The minimum Gasteiger partial charge on any atom is -0.486 e. The van der Waals surface area contributed by atoms with Crippen molar-refractivity contribution in [3.63, 3.8) is 0 Å². The predicted molar refractivity (Wildman–Crippen MR) is 96.6 cm³/mol. The monoisotopic (exact) mass is 356 g/mol. The minimum atomic E-state index is -0.00980. The molecule has 6 heteroatoms. The second-order valence-electron chi connectivity index (χ2n) is 6.81. The molecular weight excluding hydrogens is 332 g/mol. The van der Waals surface area contributed by atoms with E-state index in [1.807, 2.05) is 29.2 Å².